The van der Waals surface area contributed by atoms with Gasteiger partial charge in [0.05, 0.1) is 36.9 Å². The van der Waals surface area contributed by atoms with E-state index in [2.05, 4.69) is 0 Å². The Morgan fingerprint density at radius 1 is 1.10 bits per heavy atom. The van der Waals surface area contributed by atoms with E-state index in [0.29, 0.717) is 24.3 Å². The number of fused-ring (bicyclic) bond motifs is 1. The van der Waals surface area contributed by atoms with Gasteiger partial charge < -0.3 is 14.7 Å². The van der Waals surface area contributed by atoms with E-state index in [0.717, 1.165) is 4.90 Å². The van der Waals surface area contributed by atoms with Crippen molar-refractivity contribution in [3.63, 3.8) is 0 Å². The predicted molar refractivity (Wildman–Crippen MR) is 70.7 cm³/mol. The topological polar surface area (TPSA) is 87.2 Å². The van der Waals surface area contributed by atoms with E-state index in [1.165, 1.54) is 4.90 Å². The van der Waals surface area contributed by atoms with Gasteiger partial charge in [-0.2, -0.15) is 0 Å². The first kappa shape index (κ1) is 13.6. The fourth-order valence-corrected chi connectivity index (χ4v) is 2.52. The summed E-state index contributed by atoms with van der Waals surface area (Å²) in [5, 5.41) is 10.0. The Balaban J connectivity index is 1.67. The van der Waals surface area contributed by atoms with Crippen molar-refractivity contribution in [1.82, 2.24) is 9.80 Å². The molecule has 2 aliphatic heterocycles. The molecule has 0 saturated carbocycles. The molecule has 1 aromatic rings. The summed E-state index contributed by atoms with van der Waals surface area (Å²) >= 11 is 0. The number of carbonyl (C=O) groups excluding carboxylic acids is 3. The second kappa shape index (κ2) is 5.17. The lowest BCUT2D eigenvalue weighted by molar-refractivity contribution is 0.0505. The molecule has 1 aromatic carbocycles. The Morgan fingerprint density at radius 3 is 2.24 bits per heavy atom. The van der Waals surface area contributed by atoms with Crippen LogP contribution < -0.4 is 0 Å². The van der Waals surface area contributed by atoms with Crippen LogP contribution in [0.1, 0.15) is 20.7 Å². The standard InChI is InChI=1S/C14H14N2O5/c17-9(7-15-5-6-21-14(15)20)8-16-12(18)10-3-1-2-4-11(10)13(16)19/h1-4,9,17H,5-8H2. The number of cyclic esters (lactones) is 1. The molecule has 2 heterocycles. The van der Waals surface area contributed by atoms with E-state index >= 15 is 0 Å². The summed E-state index contributed by atoms with van der Waals surface area (Å²) in [6.45, 7) is 0.582. The fraction of sp³-hybridized carbons (Fsp3) is 0.357. The number of imide groups is 1. The molecular weight excluding hydrogens is 276 g/mol. The molecule has 0 aromatic heterocycles. The first-order chi connectivity index (χ1) is 10.1. The van der Waals surface area contributed by atoms with Crippen LogP contribution in [0.25, 0.3) is 0 Å². The zero-order valence-electron chi connectivity index (χ0n) is 11.2. The molecule has 1 saturated heterocycles. The summed E-state index contributed by atoms with van der Waals surface area (Å²) in [6.07, 6.45) is -1.49. The van der Waals surface area contributed by atoms with Crippen molar-refractivity contribution in [1.29, 1.82) is 0 Å². The van der Waals surface area contributed by atoms with Gasteiger partial charge in [-0.1, -0.05) is 12.1 Å². The molecule has 7 nitrogen and oxygen atoms in total. The van der Waals surface area contributed by atoms with Crippen molar-refractivity contribution in [2.24, 2.45) is 0 Å². The first-order valence-corrected chi connectivity index (χ1v) is 6.63. The number of hydrogen-bond donors (Lipinski definition) is 1. The minimum atomic E-state index is -1.00. The van der Waals surface area contributed by atoms with Crippen LogP contribution in [0.4, 0.5) is 4.79 Å². The van der Waals surface area contributed by atoms with Crippen LogP contribution in [0.2, 0.25) is 0 Å². The highest BCUT2D eigenvalue weighted by Crippen LogP contribution is 2.22. The highest BCUT2D eigenvalue weighted by molar-refractivity contribution is 6.21. The molecular formula is C14H14N2O5. The molecule has 0 spiro atoms. The largest absolute Gasteiger partial charge is 0.448 e. The number of amides is 3. The molecule has 2 aliphatic rings. The Bertz CT molecular complexity index is 580. The van der Waals surface area contributed by atoms with E-state index in [1.54, 1.807) is 24.3 Å². The van der Waals surface area contributed by atoms with Crippen LogP contribution in [-0.4, -0.2) is 65.2 Å². The Hall–Kier alpha value is -2.41. The molecule has 1 N–H and O–H groups in total. The van der Waals surface area contributed by atoms with Crippen molar-refractivity contribution in [2.75, 3.05) is 26.2 Å². The van der Waals surface area contributed by atoms with Gasteiger partial charge in [-0.25, -0.2) is 4.79 Å². The minimum absolute atomic E-state index is 0.0340. The summed E-state index contributed by atoms with van der Waals surface area (Å²) in [5.41, 5.74) is 0.686. The summed E-state index contributed by atoms with van der Waals surface area (Å²) in [7, 11) is 0. The third-order valence-electron chi connectivity index (χ3n) is 3.55. The van der Waals surface area contributed by atoms with Crippen molar-refractivity contribution in [2.45, 2.75) is 6.10 Å². The van der Waals surface area contributed by atoms with E-state index < -0.39 is 24.0 Å². The highest BCUT2D eigenvalue weighted by atomic mass is 16.6. The Labute approximate surface area is 120 Å². The SMILES string of the molecule is O=C1OCCN1CC(O)CN1C(=O)c2ccccc2C1=O. The van der Waals surface area contributed by atoms with Gasteiger partial charge in [-0.3, -0.25) is 14.5 Å². The number of aliphatic hydroxyl groups is 1. The maximum Gasteiger partial charge on any atom is 0.410 e. The van der Waals surface area contributed by atoms with Gasteiger partial charge in [-0.05, 0) is 12.1 Å². The summed E-state index contributed by atoms with van der Waals surface area (Å²) in [5.74, 6) is -0.836. The van der Waals surface area contributed by atoms with Crippen LogP contribution in [0, 0.1) is 0 Å². The third kappa shape index (κ3) is 2.36. The maximum atomic E-state index is 12.1. The van der Waals surface area contributed by atoms with Gasteiger partial charge in [0.2, 0.25) is 0 Å². The molecule has 7 heteroatoms. The second-order valence-electron chi connectivity index (χ2n) is 4.98. The van der Waals surface area contributed by atoms with Crippen molar-refractivity contribution >= 4 is 17.9 Å². The molecule has 3 amide bonds. The van der Waals surface area contributed by atoms with Crippen molar-refractivity contribution in [3.8, 4) is 0 Å². The lowest BCUT2D eigenvalue weighted by atomic mass is 10.1. The van der Waals surface area contributed by atoms with Gasteiger partial charge in [0.1, 0.15) is 6.61 Å². The number of carbonyl (C=O) groups is 3. The number of ether oxygens (including phenoxy) is 1. The maximum absolute atomic E-state index is 12.1. The molecule has 110 valence electrons. The van der Waals surface area contributed by atoms with Gasteiger partial charge in [0, 0.05) is 0 Å². The lowest BCUT2D eigenvalue weighted by Crippen LogP contribution is -2.42. The number of β-amino-alcohol motifs (C(OH)–C–C–N with tert-alkyl or cyclic N) is 1. The van der Waals surface area contributed by atoms with Crippen LogP contribution >= 0.6 is 0 Å². The zero-order valence-corrected chi connectivity index (χ0v) is 11.2. The molecule has 21 heavy (non-hydrogen) atoms. The van der Waals surface area contributed by atoms with Crippen molar-refractivity contribution in [3.05, 3.63) is 35.4 Å². The summed E-state index contributed by atoms with van der Waals surface area (Å²) in [4.78, 5) is 37.9. The molecule has 0 radical (unpaired) electrons. The Morgan fingerprint density at radius 2 is 1.71 bits per heavy atom. The van der Waals surface area contributed by atoms with E-state index in [9.17, 15) is 19.5 Å². The fourth-order valence-electron chi connectivity index (χ4n) is 2.52. The zero-order chi connectivity index (χ0) is 15.0. The third-order valence-corrected chi connectivity index (χ3v) is 3.55. The second-order valence-corrected chi connectivity index (χ2v) is 4.98. The number of rotatable bonds is 4. The van der Waals surface area contributed by atoms with Gasteiger partial charge in [0.25, 0.3) is 11.8 Å². The van der Waals surface area contributed by atoms with E-state index in [-0.39, 0.29) is 13.1 Å². The number of hydrogen-bond acceptors (Lipinski definition) is 5. The number of nitrogens with zero attached hydrogens (tertiary/aromatic N) is 2. The van der Waals surface area contributed by atoms with Gasteiger partial charge in [0.15, 0.2) is 0 Å². The van der Waals surface area contributed by atoms with E-state index in [4.69, 9.17) is 4.74 Å². The average molecular weight is 290 g/mol. The van der Waals surface area contributed by atoms with Crippen molar-refractivity contribution < 1.29 is 24.2 Å². The number of benzene rings is 1. The van der Waals surface area contributed by atoms with Gasteiger partial charge >= 0.3 is 6.09 Å². The smallest absolute Gasteiger partial charge is 0.410 e. The highest BCUT2D eigenvalue weighted by Gasteiger charge is 2.36. The van der Waals surface area contributed by atoms with Gasteiger partial charge in [-0.15, -0.1) is 0 Å². The average Bonchev–Trinajstić information content (AvgIpc) is 2.97. The predicted octanol–water partition coefficient (Wildman–Crippen LogP) is 0.0957. The van der Waals surface area contributed by atoms with Crippen LogP contribution in [0.15, 0.2) is 24.3 Å². The molecule has 1 fully saturated rings. The lowest BCUT2D eigenvalue weighted by Gasteiger charge is -2.21. The molecule has 0 bridgehead atoms. The normalized spacial score (nSPS) is 19.0. The molecule has 3 rings (SSSR count). The summed E-state index contributed by atoms with van der Waals surface area (Å²) in [6, 6.07) is 6.54. The minimum Gasteiger partial charge on any atom is -0.448 e. The van der Waals surface area contributed by atoms with Crippen LogP contribution in [-0.2, 0) is 4.74 Å². The monoisotopic (exact) mass is 290 g/mol. The quantitative estimate of drug-likeness (QED) is 0.794. The number of aliphatic hydroxyl groups excluding tert-OH is 1. The van der Waals surface area contributed by atoms with Crippen LogP contribution in [0.3, 0.4) is 0 Å². The molecule has 0 aliphatic carbocycles. The Kier molecular flexibility index (Phi) is 3.34. The molecule has 1 atom stereocenters. The van der Waals surface area contributed by atoms with Crippen LogP contribution in [0.5, 0.6) is 0 Å². The first-order valence-electron chi connectivity index (χ1n) is 6.63. The molecule has 1 unspecified atom stereocenters. The summed E-state index contributed by atoms with van der Waals surface area (Å²) < 4.78 is 4.76. The van der Waals surface area contributed by atoms with E-state index in [1.807, 2.05) is 0 Å².